The number of nitrogens with zero attached hydrogens (tertiary/aromatic N) is 2. The first kappa shape index (κ1) is 19.5. The van der Waals surface area contributed by atoms with Crippen LogP contribution in [0.25, 0.3) is 0 Å². The maximum atomic E-state index is 13.0. The minimum Gasteiger partial charge on any atom is -0.495 e. The SMILES string of the molecule is CCOc1ccc(S(=O)(=O)N2CCN(c3ccccc3OC)CC2)cc1C. The smallest absolute Gasteiger partial charge is 0.243 e. The number of ether oxygens (including phenoxy) is 2. The van der Waals surface area contributed by atoms with Crippen molar-refractivity contribution in [2.45, 2.75) is 18.7 Å². The monoisotopic (exact) mass is 390 g/mol. The summed E-state index contributed by atoms with van der Waals surface area (Å²) in [5, 5.41) is 0. The van der Waals surface area contributed by atoms with Gasteiger partial charge < -0.3 is 14.4 Å². The molecule has 1 heterocycles. The van der Waals surface area contributed by atoms with E-state index in [9.17, 15) is 8.42 Å². The normalized spacial score (nSPS) is 15.6. The van der Waals surface area contributed by atoms with Crippen molar-refractivity contribution < 1.29 is 17.9 Å². The highest BCUT2D eigenvalue weighted by atomic mass is 32.2. The summed E-state index contributed by atoms with van der Waals surface area (Å²) in [5.74, 6) is 1.52. The van der Waals surface area contributed by atoms with E-state index in [4.69, 9.17) is 9.47 Å². The summed E-state index contributed by atoms with van der Waals surface area (Å²) in [6, 6.07) is 12.9. The first-order chi connectivity index (χ1) is 13.0. The number of anilines is 1. The molecule has 1 saturated heterocycles. The number of hydrogen-bond donors (Lipinski definition) is 0. The van der Waals surface area contributed by atoms with Gasteiger partial charge in [0.25, 0.3) is 0 Å². The maximum absolute atomic E-state index is 13.0. The Kier molecular flexibility index (Phi) is 5.92. The third-order valence-electron chi connectivity index (χ3n) is 4.75. The van der Waals surface area contributed by atoms with Gasteiger partial charge in [-0.05, 0) is 49.7 Å². The molecule has 0 radical (unpaired) electrons. The largest absolute Gasteiger partial charge is 0.495 e. The van der Waals surface area contributed by atoms with E-state index in [1.54, 1.807) is 29.6 Å². The summed E-state index contributed by atoms with van der Waals surface area (Å²) in [4.78, 5) is 2.48. The second-order valence-electron chi connectivity index (χ2n) is 6.42. The zero-order valence-corrected chi connectivity index (χ0v) is 16.8. The van der Waals surface area contributed by atoms with Gasteiger partial charge in [-0.25, -0.2) is 8.42 Å². The summed E-state index contributed by atoms with van der Waals surface area (Å²) in [6.07, 6.45) is 0. The molecule has 0 bridgehead atoms. The maximum Gasteiger partial charge on any atom is 0.243 e. The Hall–Kier alpha value is -2.25. The van der Waals surface area contributed by atoms with E-state index in [1.807, 2.05) is 38.1 Å². The fourth-order valence-corrected chi connectivity index (χ4v) is 4.82. The lowest BCUT2D eigenvalue weighted by Crippen LogP contribution is -2.48. The molecule has 6 nitrogen and oxygen atoms in total. The van der Waals surface area contributed by atoms with Gasteiger partial charge in [0, 0.05) is 26.2 Å². The molecule has 0 saturated carbocycles. The molecule has 7 heteroatoms. The fourth-order valence-electron chi connectivity index (χ4n) is 3.31. The minimum absolute atomic E-state index is 0.314. The molecule has 27 heavy (non-hydrogen) atoms. The summed E-state index contributed by atoms with van der Waals surface area (Å²) < 4.78 is 38.5. The van der Waals surface area contributed by atoms with E-state index >= 15 is 0 Å². The van der Waals surface area contributed by atoms with E-state index in [0.717, 1.165) is 22.7 Å². The number of rotatable bonds is 6. The summed E-state index contributed by atoms with van der Waals surface area (Å²) in [6.45, 7) is 6.44. The van der Waals surface area contributed by atoms with Crippen molar-refractivity contribution in [3.05, 3.63) is 48.0 Å². The van der Waals surface area contributed by atoms with E-state index < -0.39 is 10.0 Å². The topological polar surface area (TPSA) is 59.1 Å². The molecule has 2 aromatic carbocycles. The average molecular weight is 391 g/mol. The molecule has 0 aliphatic carbocycles. The van der Waals surface area contributed by atoms with Crippen molar-refractivity contribution in [2.24, 2.45) is 0 Å². The molecule has 0 spiro atoms. The van der Waals surface area contributed by atoms with Crippen molar-refractivity contribution in [1.29, 1.82) is 0 Å². The highest BCUT2D eigenvalue weighted by molar-refractivity contribution is 7.89. The van der Waals surface area contributed by atoms with E-state index in [2.05, 4.69) is 4.90 Å². The Morgan fingerprint density at radius 1 is 1.00 bits per heavy atom. The van der Waals surface area contributed by atoms with Gasteiger partial charge in [0.2, 0.25) is 10.0 Å². The van der Waals surface area contributed by atoms with Gasteiger partial charge >= 0.3 is 0 Å². The van der Waals surface area contributed by atoms with Crippen molar-refractivity contribution in [2.75, 3.05) is 44.8 Å². The van der Waals surface area contributed by atoms with Crippen LogP contribution in [0.2, 0.25) is 0 Å². The van der Waals surface area contributed by atoms with Crippen LogP contribution in [0, 0.1) is 6.92 Å². The molecule has 1 aliphatic rings. The molecule has 146 valence electrons. The molecule has 2 aromatic rings. The summed E-state index contributed by atoms with van der Waals surface area (Å²) in [7, 11) is -1.87. The van der Waals surface area contributed by atoms with Crippen LogP contribution in [-0.4, -0.2) is 52.6 Å². The van der Waals surface area contributed by atoms with Crippen molar-refractivity contribution >= 4 is 15.7 Å². The van der Waals surface area contributed by atoms with E-state index in [0.29, 0.717) is 37.7 Å². The number of sulfonamides is 1. The lowest BCUT2D eigenvalue weighted by molar-refractivity contribution is 0.337. The van der Waals surface area contributed by atoms with Crippen LogP contribution in [-0.2, 0) is 10.0 Å². The number of benzene rings is 2. The van der Waals surface area contributed by atoms with Gasteiger partial charge in [-0.15, -0.1) is 0 Å². The van der Waals surface area contributed by atoms with Crippen LogP contribution < -0.4 is 14.4 Å². The van der Waals surface area contributed by atoms with Crippen LogP contribution in [0.4, 0.5) is 5.69 Å². The van der Waals surface area contributed by atoms with Crippen molar-refractivity contribution in [3.8, 4) is 11.5 Å². The van der Waals surface area contributed by atoms with E-state index in [-0.39, 0.29) is 0 Å². The molecule has 0 amide bonds. The minimum atomic E-state index is -3.52. The van der Waals surface area contributed by atoms with Crippen LogP contribution in [0.15, 0.2) is 47.4 Å². The molecule has 0 unspecified atom stereocenters. The molecule has 1 fully saturated rings. The summed E-state index contributed by atoms with van der Waals surface area (Å²) >= 11 is 0. The lowest BCUT2D eigenvalue weighted by Gasteiger charge is -2.36. The Balaban J connectivity index is 1.74. The number of hydrogen-bond acceptors (Lipinski definition) is 5. The number of aryl methyl sites for hydroxylation is 1. The molecular formula is C20H26N2O4S. The van der Waals surface area contributed by atoms with Crippen molar-refractivity contribution in [3.63, 3.8) is 0 Å². The molecule has 1 aliphatic heterocycles. The first-order valence-electron chi connectivity index (χ1n) is 9.09. The molecular weight excluding hydrogens is 364 g/mol. The van der Waals surface area contributed by atoms with Gasteiger partial charge in [0.15, 0.2) is 0 Å². The predicted octanol–water partition coefficient (Wildman–Crippen LogP) is 2.91. The number of methoxy groups -OCH3 is 1. The van der Waals surface area contributed by atoms with Gasteiger partial charge in [0.1, 0.15) is 11.5 Å². The standard InChI is InChI=1S/C20H26N2O4S/c1-4-26-19-10-9-17(15-16(19)2)27(23,24)22-13-11-21(12-14-22)18-7-5-6-8-20(18)25-3/h5-10,15H,4,11-14H2,1-3H3. The third kappa shape index (κ3) is 4.04. The Labute approximate surface area is 161 Å². The Morgan fingerprint density at radius 2 is 1.70 bits per heavy atom. The van der Waals surface area contributed by atoms with Crippen LogP contribution >= 0.6 is 0 Å². The van der Waals surface area contributed by atoms with Crippen LogP contribution in [0.3, 0.4) is 0 Å². The second kappa shape index (κ2) is 8.19. The zero-order valence-electron chi connectivity index (χ0n) is 16.0. The Bertz CT molecular complexity index is 891. The summed E-state index contributed by atoms with van der Waals surface area (Å²) in [5.41, 5.74) is 1.82. The number of para-hydroxylation sites is 2. The third-order valence-corrected chi connectivity index (χ3v) is 6.64. The van der Waals surface area contributed by atoms with E-state index in [1.165, 1.54) is 0 Å². The highest BCUT2D eigenvalue weighted by Crippen LogP contribution is 2.30. The molecule has 0 N–H and O–H groups in total. The lowest BCUT2D eigenvalue weighted by atomic mass is 10.2. The van der Waals surface area contributed by atoms with Crippen LogP contribution in [0.5, 0.6) is 11.5 Å². The quantitative estimate of drug-likeness (QED) is 0.759. The molecule has 0 atom stereocenters. The van der Waals surface area contributed by atoms with Gasteiger partial charge in [0.05, 0.1) is 24.3 Å². The van der Waals surface area contributed by atoms with Crippen molar-refractivity contribution in [1.82, 2.24) is 4.31 Å². The fraction of sp³-hybridized carbons (Fsp3) is 0.400. The highest BCUT2D eigenvalue weighted by Gasteiger charge is 2.29. The average Bonchev–Trinajstić information content (AvgIpc) is 2.69. The molecule has 3 rings (SSSR count). The Morgan fingerprint density at radius 3 is 2.33 bits per heavy atom. The zero-order chi connectivity index (χ0) is 19.4. The predicted molar refractivity (Wildman–Crippen MR) is 106 cm³/mol. The first-order valence-corrected chi connectivity index (χ1v) is 10.5. The number of piperazine rings is 1. The van der Waals surface area contributed by atoms with Gasteiger partial charge in [-0.3, -0.25) is 0 Å². The molecule has 0 aromatic heterocycles. The second-order valence-corrected chi connectivity index (χ2v) is 8.36. The van der Waals surface area contributed by atoms with Gasteiger partial charge in [-0.1, -0.05) is 12.1 Å². The van der Waals surface area contributed by atoms with Gasteiger partial charge in [-0.2, -0.15) is 4.31 Å². The van der Waals surface area contributed by atoms with Crippen LogP contribution in [0.1, 0.15) is 12.5 Å².